The van der Waals surface area contributed by atoms with Crippen LogP contribution >= 0.6 is 37.1 Å². The monoisotopic (exact) mass is 429 g/mol. The molecule has 0 saturated carbocycles. The highest BCUT2D eigenvalue weighted by Crippen LogP contribution is 2.33. The second-order valence-electron chi connectivity index (χ2n) is 5.51. The Hall–Kier alpha value is -2.15. The first-order valence-corrected chi connectivity index (χ1v) is 9.01. The predicted octanol–water partition coefficient (Wildman–Crippen LogP) is 3.61. The maximum Gasteiger partial charge on any atom is 0.347 e. The molecule has 0 bridgehead atoms. The summed E-state index contributed by atoms with van der Waals surface area (Å²) in [5, 5.41) is 13.6. The second-order valence-corrected chi connectivity index (χ2v) is 7.38. The van der Waals surface area contributed by atoms with Crippen molar-refractivity contribution in [2.45, 2.75) is 13.8 Å². The molecule has 0 aromatic carbocycles. The third-order valence-electron chi connectivity index (χ3n) is 3.49. The van der Waals surface area contributed by atoms with Gasteiger partial charge in [-0.05, 0) is 19.9 Å². The van der Waals surface area contributed by atoms with Crippen molar-refractivity contribution in [2.75, 3.05) is 16.8 Å². The molecule has 0 aliphatic rings. The Balaban J connectivity index is 0.00000261. The summed E-state index contributed by atoms with van der Waals surface area (Å²) >= 11 is 2.24. The van der Waals surface area contributed by atoms with Crippen molar-refractivity contribution in [2.24, 2.45) is 7.05 Å². The standard InChI is InChI=1S/C15H17N5O4S2.H2S/c1-8-5-12(17-23-8)18-24-26-20(4)10-6-11(19(3)7-10)14-16-9(2)13(25-14)15(21)22;/h5-7H,1-4H3,(H,17,18)(H,21,22);1H2. The van der Waals surface area contributed by atoms with Gasteiger partial charge in [0.2, 0.25) is 0 Å². The molecule has 3 aromatic rings. The summed E-state index contributed by atoms with van der Waals surface area (Å²) in [7, 11) is 3.72. The van der Waals surface area contributed by atoms with Crippen molar-refractivity contribution in [3.8, 4) is 10.7 Å². The molecule has 3 aromatic heterocycles. The minimum absolute atomic E-state index is 0. The molecule has 12 heteroatoms. The summed E-state index contributed by atoms with van der Waals surface area (Å²) in [6.07, 6.45) is 1.91. The van der Waals surface area contributed by atoms with E-state index in [2.05, 4.69) is 15.6 Å². The van der Waals surface area contributed by atoms with Crippen LogP contribution in [0.3, 0.4) is 0 Å². The van der Waals surface area contributed by atoms with Gasteiger partial charge in [0, 0.05) is 26.4 Å². The van der Waals surface area contributed by atoms with Gasteiger partial charge >= 0.3 is 5.97 Å². The zero-order chi connectivity index (χ0) is 18.8. The third kappa shape index (κ3) is 4.77. The molecule has 3 heterocycles. The van der Waals surface area contributed by atoms with Crippen LogP contribution in [0, 0.1) is 13.8 Å². The van der Waals surface area contributed by atoms with E-state index < -0.39 is 5.97 Å². The molecular weight excluding hydrogens is 410 g/mol. The maximum atomic E-state index is 11.2. The molecule has 0 unspecified atom stereocenters. The van der Waals surface area contributed by atoms with Crippen molar-refractivity contribution in [3.63, 3.8) is 0 Å². The molecule has 27 heavy (non-hydrogen) atoms. The minimum atomic E-state index is -0.962. The van der Waals surface area contributed by atoms with Crippen molar-refractivity contribution >= 4 is 54.5 Å². The van der Waals surface area contributed by atoms with Crippen molar-refractivity contribution in [3.05, 3.63) is 34.7 Å². The lowest BCUT2D eigenvalue weighted by Gasteiger charge is -2.13. The molecular formula is C15H19N5O4S3. The van der Waals surface area contributed by atoms with Crippen LogP contribution in [-0.2, 0) is 11.3 Å². The van der Waals surface area contributed by atoms with Crippen LogP contribution in [-0.4, -0.2) is 32.8 Å². The summed E-state index contributed by atoms with van der Waals surface area (Å²) in [5.74, 6) is 0.203. The number of aromatic nitrogens is 3. The van der Waals surface area contributed by atoms with Crippen molar-refractivity contribution in [1.29, 1.82) is 0 Å². The van der Waals surface area contributed by atoms with E-state index in [1.165, 1.54) is 0 Å². The number of thiazole rings is 1. The fourth-order valence-electron chi connectivity index (χ4n) is 2.21. The highest BCUT2D eigenvalue weighted by molar-refractivity contribution is 7.96. The second kappa shape index (κ2) is 8.69. The molecule has 0 fully saturated rings. The van der Waals surface area contributed by atoms with Gasteiger partial charge in [-0.25, -0.2) is 15.3 Å². The van der Waals surface area contributed by atoms with Crippen LogP contribution < -0.4 is 9.79 Å². The van der Waals surface area contributed by atoms with E-state index in [-0.39, 0.29) is 18.4 Å². The van der Waals surface area contributed by atoms with E-state index in [1.807, 2.05) is 35.2 Å². The number of nitrogens with one attached hydrogen (secondary N) is 1. The molecule has 2 N–H and O–H groups in total. The minimum Gasteiger partial charge on any atom is -0.477 e. The number of aryl methyl sites for hydroxylation is 3. The number of carboxylic acids is 1. The van der Waals surface area contributed by atoms with Crippen LogP contribution in [0.15, 0.2) is 22.9 Å². The zero-order valence-corrected chi connectivity index (χ0v) is 17.6. The summed E-state index contributed by atoms with van der Waals surface area (Å²) in [6, 6.07) is 3.63. The Labute approximate surface area is 171 Å². The van der Waals surface area contributed by atoms with Crippen LogP contribution in [0.4, 0.5) is 11.5 Å². The quantitative estimate of drug-likeness (QED) is 0.331. The molecule has 0 aliphatic carbocycles. The Morgan fingerprint density at radius 3 is 2.78 bits per heavy atom. The number of carbonyl (C=O) groups is 1. The van der Waals surface area contributed by atoms with E-state index in [4.69, 9.17) is 8.81 Å². The average Bonchev–Trinajstić information content (AvgIpc) is 3.26. The van der Waals surface area contributed by atoms with Gasteiger partial charge in [-0.1, -0.05) is 5.16 Å². The van der Waals surface area contributed by atoms with E-state index >= 15 is 0 Å². The summed E-state index contributed by atoms with van der Waals surface area (Å²) in [4.78, 5) is 15.8. The van der Waals surface area contributed by atoms with Gasteiger partial charge in [0.1, 0.15) is 27.9 Å². The lowest BCUT2D eigenvalue weighted by Crippen LogP contribution is -2.08. The number of hydrogen-bond acceptors (Lipinski definition) is 9. The summed E-state index contributed by atoms with van der Waals surface area (Å²) < 4.78 is 14.0. The Morgan fingerprint density at radius 1 is 1.44 bits per heavy atom. The fraction of sp³-hybridized carbons (Fsp3) is 0.267. The summed E-state index contributed by atoms with van der Waals surface area (Å²) in [5.41, 5.74) is 4.89. The first-order chi connectivity index (χ1) is 12.3. The first kappa shape index (κ1) is 21.2. The van der Waals surface area contributed by atoms with Crippen LogP contribution in [0.2, 0.25) is 0 Å². The molecule has 0 aliphatic heterocycles. The number of carboxylic acid groups (broad SMARTS) is 1. The van der Waals surface area contributed by atoms with E-state index in [1.54, 1.807) is 19.9 Å². The molecule has 0 amide bonds. The Bertz CT molecular complexity index is 936. The third-order valence-corrected chi connectivity index (χ3v) is 5.25. The smallest absolute Gasteiger partial charge is 0.347 e. The molecule has 3 rings (SSSR count). The van der Waals surface area contributed by atoms with E-state index in [0.717, 1.165) is 34.9 Å². The lowest BCUT2D eigenvalue weighted by molar-refractivity contribution is 0.0701. The van der Waals surface area contributed by atoms with E-state index in [9.17, 15) is 9.90 Å². The normalized spacial score (nSPS) is 10.5. The molecule has 9 nitrogen and oxygen atoms in total. The number of aromatic carboxylic acids is 1. The Morgan fingerprint density at radius 2 is 2.19 bits per heavy atom. The highest BCUT2D eigenvalue weighted by Gasteiger charge is 2.18. The van der Waals surface area contributed by atoms with E-state index in [0.29, 0.717) is 22.3 Å². The Kier molecular flexibility index (Phi) is 6.81. The molecule has 0 radical (unpaired) electrons. The molecule has 0 spiro atoms. The molecule has 0 saturated heterocycles. The van der Waals surface area contributed by atoms with Gasteiger partial charge in [-0.15, -0.1) is 11.3 Å². The van der Waals surface area contributed by atoms with Crippen LogP contribution in [0.1, 0.15) is 21.1 Å². The predicted molar refractivity (Wildman–Crippen MR) is 111 cm³/mol. The fourth-order valence-corrected chi connectivity index (χ4v) is 3.60. The topological polar surface area (TPSA) is 106 Å². The highest BCUT2D eigenvalue weighted by atomic mass is 32.2. The first-order valence-electron chi connectivity index (χ1n) is 7.49. The summed E-state index contributed by atoms with van der Waals surface area (Å²) in [6.45, 7) is 3.49. The van der Waals surface area contributed by atoms with Crippen molar-refractivity contribution < 1.29 is 18.7 Å². The van der Waals surface area contributed by atoms with Gasteiger partial charge in [0.25, 0.3) is 0 Å². The number of nitrogens with zero attached hydrogens (tertiary/aromatic N) is 4. The van der Waals surface area contributed by atoms with Gasteiger partial charge in [0.15, 0.2) is 5.82 Å². The van der Waals surface area contributed by atoms with Crippen molar-refractivity contribution in [1.82, 2.24) is 14.7 Å². The number of hydrogen-bond donors (Lipinski definition) is 2. The van der Waals surface area contributed by atoms with Gasteiger partial charge in [0.05, 0.1) is 17.1 Å². The average molecular weight is 430 g/mol. The van der Waals surface area contributed by atoms with Gasteiger partial charge in [-0.3, -0.25) is 4.31 Å². The van der Waals surface area contributed by atoms with Crippen LogP contribution in [0.5, 0.6) is 0 Å². The lowest BCUT2D eigenvalue weighted by atomic mass is 10.4. The largest absolute Gasteiger partial charge is 0.477 e. The number of rotatable bonds is 7. The molecule has 0 atom stereocenters. The molecule has 146 valence electrons. The SMILES string of the molecule is Cc1cc(NOSN(C)c2cc(-c3nc(C)c(C(=O)O)s3)n(C)c2)no1.S. The maximum absolute atomic E-state index is 11.2. The number of anilines is 2. The van der Waals surface area contributed by atoms with Gasteiger partial charge in [-0.2, -0.15) is 17.8 Å². The van der Waals surface area contributed by atoms with Gasteiger partial charge < -0.3 is 14.2 Å². The van der Waals surface area contributed by atoms with Crippen LogP contribution in [0.25, 0.3) is 10.7 Å². The zero-order valence-electron chi connectivity index (χ0n) is 15.0.